The standard InChI is InChI=1S/C35H32NO4/c1-22(24-20-19-23-11-6-7-12-25(23)21-24)36-26-13-8-15-28(37-2)32(26)35(33-27(36)14-9-16-29(33)38-3)34-30(39-4)17-10-18-31(34)40-5/h6-22H,1-5H3/q+1/t22-/m0/s1. The highest BCUT2D eigenvalue weighted by Crippen LogP contribution is 2.49. The van der Waals surface area contributed by atoms with Crippen LogP contribution in [0.25, 0.3) is 43.7 Å². The summed E-state index contributed by atoms with van der Waals surface area (Å²) in [7, 11) is 6.78. The molecule has 0 fully saturated rings. The van der Waals surface area contributed by atoms with Gasteiger partial charge in [-0.25, -0.2) is 0 Å². The van der Waals surface area contributed by atoms with Gasteiger partial charge in [0.2, 0.25) is 11.0 Å². The van der Waals surface area contributed by atoms with Crippen molar-refractivity contribution >= 4 is 32.6 Å². The van der Waals surface area contributed by atoms with E-state index in [2.05, 4.69) is 66.1 Å². The lowest BCUT2D eigenvalue weighted by Crippen LogP contribution is -2.40. The Morgan fingerprint density at radius 3 is 1.55 bits per heavy atom. The summed E-state index contributed by atoms with van der Waals surface area (Å²) in [4.78, 5) is 0. The second-order valence-electron chi connectivity index (χ2n) is 9.77. The second-order valence-corrected chi connectivity index (χ2v) is 9.77. The van der Waals surface area contributed by atoms with Gasteiger partial charge >= 0.3 is 0 Å². The van der Waals surface area contributed by atoms with Crippen LogP contribution in [-0.4, -0.2) is 28.4 Å². The van der Waals surface area contributed by atoms with Crippen molar-refractivity contribution in [2.75, 3.05) is 28.4 Å². The average molecular weight is 531 g/mol. The molecule has 0 aliphatic heterocycles. The molecule has 0 aliphatic rings. The first-order chi connectivity index (χ1) is 19.6. The Morgan fingerprint density at radius 2 is 1.00 bits per heavy atom. The number of rotatable bonds is 7. The lowest BCUT2D eigenvalue weighted by atomic mass is 9.92. The summed E-state index contributed by atoms with van der Waals surface area (Å²) in [5.74, 6) is 2.93. The van der Waals surface area contributed by atoms with Crippen molar-refractivity contribution in [3.8, 4) is 34.1 Å². The number of fused-ring (bicyclic) bond motifs is 3. The quantitative estimate of drug-likeness (QED) is 0.156. The Bertz CT molecular complexity index is 1790. The molecule has 5 heteroatoms. The predicted octanol–water partition coefficient (Wildman–Crippen LogP) is 7.74. The lowest BCUT2D eigenvalue weighted by molar-refractivity contribution is -0.659. The predicted molar refractivity (Wildman–Crippen MR) is 161 cm³/mol. The first kappa shape index (κ1) is 25.5. The molecule has 0 spiro atoms. The van der Waals surface area contributed by atoms with E-state index in [1.807, 2.05) is 42.5 Å². The van der Waals surface area contributed by atoms with Crippen molar-refractivity contribution in [3.05, 3.63) is 103 Å². The summed E-state index contributed by atoms with van der Waals surface area (Å²) in [6, 6.07) is 33.4. The fourth-order valence-electron chi connectivity index (χ4n) is 5.92. The molecule has 5 nitrogen and oxygen atoms in total. The zero-order valence-corrected chi connectivity index (χ0v) is 23.4. The highest BCUT2D eigenvalue weighted by Gasteiger charge is 2.32. The molecule has 0 bridgehead atoms. The van der Waals surface area contributed by atoms with Gasteiger partial charge in [0.1, 0.15) is 23.0 Å². The van der Waals surface area contributed by atoms with Gasteiger partial charge in [0.25, 0.3) is 0 Å². The molecule has 1 heterocycles. The van der Waals surface area contributed by atoms with E-state index in [1.165, 1.54) is 16.3 Å². The Hall–Kier alpha value is -4.77. The molecule has 0 unspecified atom stereocenters. The van der Waals surface area contributed by atoms with E-state index in [0.717, 1.165) is 44.4 Å². The van der Waals surface area contributed by atoms with Crippen LogP contribution in [0, 0.1) is 0 Å². The number of benzene rings is 5. The summed E-state index contributed by atoms with van der Waals surface area (Å²) in [5, 5.41) is 4.35. The van der Waals surface area contributed by atoms with Crippen LogP contribution in [0.1, 0.15) is 18.5 Å². The fraction of sp³-hybridized carbons (Fsp3) is 0.171. The largest absolute Gasteiger partial charge is 0.496 e. The summed E-state index contributed by atoms with van der Waals surface area (Å²) < 4.78 is 26.2. The number of pyridine rings is 1. The van der Waals surface area contributed by atoms with Crippen LogP contribution in [0.5, 0.6) is 23.0 Å². The molecule has 0 amide bonds. The van der Waals surface area contributed by atoms with Gasteiger partial charge in [-0.2, -0.15) is 4.57 Å². The normalized spacial score (nSPS) is 12.0. The molecule has 6 aromatic rings. The van der Waals surface area contributed by atoms with Crippen molar-refractivity contribution in [2.45, 2.75) is 13.0 Å². The highest BCUT2D eigenvalue weighted by atomic mass is 16.5. The van der Waals surface area contributed by atoms with Gasteiger partial charge in [-0.15, -0.1) is 0 Å². The Balaban J connectivity index is 1.81. The molecule has 40 heavy (non-hydrogen) atoms. The van der Waals surface area contributed by atoms with Crippen molar-refractivity contribution in [2.24, 2.45) is 0 Å². The molecule has 0 saturated heterocycles. The monoisotopic (exact) mass is 530 g/mol. The lowest BCUT2D eigenvalue weighted by Gasteiger charge is -2.21. The first-order valence-corrected chi connectivity index (χ1v) is 13.3. The maximum absolute atomic E-state index is 6.02. The number of ether oxygens (including phenoxy) is 4. The third-order valence-electron chi connectivity index (χ3n) is 7.79. The minimum atomic E-state index is 0.00225. The molecule has 0 radical (unpaired) electrons. The molecular weight excluding hydrogens is 498 g/mol. The van der Waals surface area contributed by atoms with E-state index in [1.54, 1.807) is 28.4 Å². The van der Waals surface area contributed by atoms with E-state index < -0.39 is 0 Å². The van der Waals surface area contributed by atoms with E-state index in [4.69, 9.17) is 18.9 Å². The molecule has 0 aliphatic carbocycles. The molecular formula is C35H32NO4+. The third-order valence-corrected chi connectivity index (χ3v) is 7.79. The maximum atomic E-state index is 6.02. The van der Waals surface area contributed by atoms with Crippen LogP contribution in [0.2, 0.25) is 0 Å². The van der Waals surface area contributed by atoms with Crippen LogP contribution in [0.15, 0.2) is 97.1 Å². The topological polar surface area (TPSA) is 40.8 Å². The molecule has 200 valence electrons. The average Bonchev–Trinajstić information content (AvgIpc) is 3.02. The number of methoxy groups -OCH3 is 4. The Labute approximate surface area is 234 Å². The van der Waals surface area contributed by atoms with E-state index in [0.29, 0.717) is 11.5 Å². The van der Waals surface area contributed by atoms with Gasteiger partial charge in [-0.05, 0) is 41.1 Å². The van der Waals surface area contributed by atoms with Gasteiger partial charge < -0.3 is 18.9 Å². The van der Waals surface area contributed by atoms with E-state index >= 15 is 0 Å². The second kappa shape index (κ2) is 10.4. The summed E-state index contributed by atoms with van der Waals surface area (Å²) in [5.41, 5.74) is 5.06. The van der Waals surface area contributed by atoms with Crippen LogP contribution in [0.3, 0.4) is 0 Å². The number of aromatic nitrogens is 1. The summed E-state index contributed by atoms with van der Waals surface area (Å²) in [6.07, 6.45) is 0. The molecule has 1 atom stereocenters. The Morgan fingerprint density at radius 1 is 0.500 bits per heavy atom. The van der Waals surface area contributed by atoms with Crippen molar-refractivity contribution in [3.63, 3.8) is 0 Å². The number of hydrogen-bond acceptors (Lipinski definition) is 4. The summed E-state index contributed by atoms with van der Waals surface area (Å²) in [6.45, 7) is 2.24. The van der Waals surface area contributed by atoms with Gasteiger partial charge in [0.05, 0.1) is 44.8 Å². The minimum absolute atomic E-state index is 0.00225. The van der Waals surface area contributed by atoms with Gasteiger partial charge in [-0.1, -0.05) is 54.6 Å². The molecule has 0 saturated carbocycles. The molecule has 6 rings (SSSR count). The molecule has 0 N–H and O–H groups in total. The van der Waals surface area contributed by atoms with Gasteiger partial charge in [0, 0.05) is 30.2 Å². The zero-order valence-electron chi connectivity index (χ0n) is 23.4. The van der Waals surface area contributed by atoms with Crippen LogP contribution >= 0.6 is 0 Å². The SMILES string of the molecule is COc1cccc(OC)c1-c1c2c(OC)cccc2[n+]([C@@H](C)c2ccc3ccccc3c2)c2cccc(OC)c12. The minimum Gasteiger partial charge on any atom is -0.496 e. The molecule has 1 aromatic heterocycles. The van der Waals surface area contributed by atoms with Crippen molar-refractivity contribution in [1.29, 1.82) is 0 Å². The fourth-order valence-corrected chi connectivity index (χ4v) is 5.92. The first-order valence-electron chi connectivity index (χ1n) is 13.3. The zero-order chi connectivity index (χ0) is 27.8. The van der Waals surface area contributed by atoms with Gasteiger partial charge in [-0.3, -0.25) is 0 Å². The van der Waals surface area contributed by atoms with Crippen molar-refractivity contribution < 1.29 is 23.5 Å². The highest BCUT2D eigenvalue weighted by molar-refractivity contribution is 6.13. The number of nitrogens with zero attached hydrogens (tertiary/aromatic N) is 1. The maximum Gasteiger partial charge on any atom is 0.217 e. The Kier molecular flexibility index (Phi) is 6.64. The van der Waals surface area contributed by atoms with E-state index in [9.17, 15) is 0 Å². The van der Waals surface area contributed by atoms with Crippen LogP contribution < -0.4 is 23.5 Å². The molecule has 5 aromatic carbocycles. The van der Waals surface area contributed by atoms with Crippen LogP contribution in [-0.2, 0) is 0 Å². The number of hydrogen-bond donors (Lipinski definition) is 0. The van der Waals surface area contributed by atoms with E-state index in [-0.39, 0.29) is 6.04 Å². The van der Waals surface area contributed by atoms with Crippen molar-refractivity contribution in [1.82, 2.24) is 0 Å². The summed E-state index contributed by atoms with van der Waals surface area (Å²) >= 11 is 0. The smallest absolute Gasteiger partial charge is 0.217 e. The van der Waals surface area contributed by atoms with Gasteiger partial charge in [0.15, 0.2) is 6.04 Å². The van der Waals surface area contributed by atoms with Crippen LogP contribution in [0.4, 0.5) is 0 Å². The third kappa shape index (κ3) is 3.97.